The van der Waals surface area contributed by atoms with E-state index in [2.05, 4.69) is 79.6 Å². The molecular formula is C34H34N6. The molecule has 40 heavy (non-hydrogen) atoms. The van der Waals surface area contributed by atoms with Crippen LogP contribution in [0.1, 0.15) is 89.6 Å². The van der Waals surface area contributed by atoms with Crippen molar-refractivity contribution in [3.63, 3.8) is 0 Å². The Morgan fingerprint density at radius 3 is 1.50 bits per heavy atom. The lowest BCUT2D eigenvalue weighted by Crippen LogP contribution is -2.20. The van der Waals surface area contributed by atoms with Crippen molar-refractivity contribution in [1.82, 2.24) is 29.9 Å². The average Bonchev–Trinajstić information content (AvgIpc) is 3.04. The van der Waals surface area contributed by atoms with Gasteiger partial charge in [0, 0.05) is 67.4 Å². The van der Waals surface area contributed by atoms with Crippen LogP contribution < -0.4 is 0 Å². The first-order valence-electron chi connectivity index (χ1n) is 14.2. The molecule has 6 nitrogen and oxygen atoms in total. The first-order valence-corrected chi connectivity index (χ1v) is 14.2. The molecule has 1 fully saturated rings. The molecule has 0 aromatic carbocycles. The van der Waals surface area contributed by atoms with E-state index >= 15 is 0 Å². The molecule has 200 valence electrons. The van der Waals surface area contributed by atoms with Gasteiger partial charge in [0.15, 0.2) is 0 Å². The molecule has 0 spiro atoms. The van der Waals surface area contributed by atoms with Crippen molar-refractivity contribution in [2.45, 2.75) is 61.7 Å². The van der Waals surface area contributed by atoms with Gasteiger partial charge in [0.05, 0.1) is 0 Å². The van der Waals surface area contributed by atoms with Crippen LogP contribution in [0.2, 0.25) is 0 Å². The molecular weight excluding hydrogens is 492 g/mol. The Hall–Kier alpha value is -4.32. The predicted octanol–water partition coefficient (Wildman–Crippen LogP) is 7.24. The molecule has 0 saturated heterocycles. The van der Waals surface area contributed by atoms with Gasteiger partial charge in [0.25, 0.3) is 0 Å². The van der Waals surface area contributed by atoms with Gasteiger partial charge < -0.3 is 0 Å². The van der Waals surface area contributed by atoms with E-state index in [0.717, 1.165) is 37.8 Å². The van der Waals surface area contributed by atoms with Crippen molar-refractivity contribution in [3.05, 3.63) is 145 Å². The fraction of sp³-hybridized carbons (Fsp3) is 0.294. The maximum atomic E-state index is 4.88. The van der Waals surface area contributed by atoms with Gasteiger partial charge in [-0.15, -0.1) is 0 Å². The summed E-state index contributed by atoms with van der Waals surface area (Å²) >= 11 is 0. The maximum absolute atomic E-state index is 4.88. The van der Waals surface area contributed by atoms with Crippen molar-refractivity contribution in [1.29, 1.82) is 0 Å². The molecule has 5 aromatic heterocycles. The molecule has 0 amide bonds. The third-order valence-corrected chi connectivity index (χ3v) is 8.51. The fourth-order valence-electron chi connectivity index (χ4n) is 6.56. The molecule has 5 aromatic rings. The average molecular weight is 527 g/mol. The highest BCUT2D eigenvalue weighted by atomic mass is 14.8. The maximum Gasteiger partial charge on any atom is 0.115 e. The van der Waals surface area contributed by atoms with Gasteiger partial charge in [0.2, 0.25) is 0 Å². The SMILES string of the molecule is c1ccc(C2CC(c3ccncc3)CC(c3cncnc3)CC(c3ccncc3)CC(c3cccnc3)C2)nc1. The van der Waals surface area contributed by atoms with Crippen LogP contribution in [0.15, 0.2) is 117 Å². The van der Waals surface area contributed by atoms with Crippen LogP contribution in [0.25, 0.3) is 0 Å². The molecule has 1 aliphatic carbocycles. The van der Waals surface area contributed by atoms with Crippen LogP contribution in [-0.2, 0) is 0 Å². The van der Waals surface area contributed by atoms with E-state index in [1.807, 2.05) is 55.6 Å². The van der Waals surface area contributed by atoms with Gasteiger partial charge in [-0.05, 0) is 120 Å². The van der Waals surface area contributed by atoms with E-state index in [4.69, 9.17) is 4.98 Å². The van der Waals surface area contributed by atoms with Crippen LogP contribution in [0.3, 0.4) is 0 Å². The van der Waals surface area contributed by atoms with Crippen LogP contribution in [-0.4, -0.2) is 29.9 Å². The predicted molar refractivity (Wildman–Crippen MR) is 156 cm³/mol. The smallest absolute Gasteiger partial charge is 0.115 e. The summed E-state index contributed by atoms with van der Waals surface area (Å²) in [7, 11) is 0. The first kappa shape index (κ1) is 25.9. The van der Waals surface area contributed by atoms with Gasteiger partial charge in [-0.2, -0.15) is 0 Å². The van der Waals surface area contributed by atoms with Crippen LogP contribution in [0.4, 0.5) is 0 Å². The molecule has 6 heteroatoms. The van der Waals surface area contributed by atoms with E-state index in [0.29, 0.717) is 29.6 Å². The molecule has 0 radical (unpaired) electrons. The molecule has 0 aliphatic heterocycles. The van der Waals surface area contributed by atoms with Crippen molar-refractivity contribution in [2.75, 3.05) is 0 Å². The molecule has 5 atom stereocenters. The van der Waals surface area contributed by atoms with E-state index in [-0.39, 0.29) is 0 Å². The summed E-state index contributed by atoms with van der Waals surface area (Å²) in [5.41, 5.74) is 6.32. The van der Waals surface area contributed by atoms with E-state index < -0.39 is 0 Å². The van der Waals surface area contributed by atoms with Crippen LogP contribution in [0, 0.1) is 0 Å². The summed E-state index contributed by atoms with van der Waals surface area (Å²) in [5.74, 6) is 1.62. The summed E-state index contributed by atoms with van der Waals surface area (Å²) in [6.07, 6.45) is 24.3. The summed E-state index contributed by atoms with van der Waals surface area (Å²) in [6, 6.07) is 19.4. The molecule has 1 saturated carbocycles. The number of nitrogens with zero attached hydrogens (tertiary/aromatic N) is 6. The van der Waals surface area contributed by atoms with Gasteiger partial charge in [-0.3, -0.25) is 19.9 Å². The van der Waals surface area contributed by atoms with Gasteiger partial charge in [0.1, 0.15) is 6.33 Å². The highest BCUT2D eigenvalue weighted by molar-refractivity contribution is 5.26. The zero-order chi connectivity index (χ0) is 27.0. The Morgan fingerprint density at radius 2 is 0.950 bits per heavy atom. The molecule has 0 N–H and O–H groups in total. The van der Waals surface area contributed by atoms with Crippen molar-refractivity contribution in [2.24, 2.45) is 0 Å². The molecule has 5 unspecified atom stereocenters. The molecule has 1 aliphatic rings. The van der Waals surface area contributed by atoms with Crippen molar-refractivity contribution >= 4 is 0 Å². The lowest BCUT2D eigenvalue weighted by atomic mass is 9.69. The quantitative estimate of drug-likeness (QED) is 0.240. The number of rotatable bonds is 5. The lowest BCUT2D eigenvalue weighted by molar-refractivity contribution is 0.348. The third kappa shape index (κ3) is 6.28. The van der Waals surface area contributed by atoms with Gasteiger partial charge in [-0.25, -0.2) is 9.97 Å². The Morgan fingerprint density at radius 1 is 0.400 bits per heavy atom. The lowest BCUT2D eigenvalue weighted by Gasteiger charge is -2.35. The summed E-state index contributed by atoms with van der Waals surface area (Å²) in [4.78, 5) is 26.9. The number of hydrogen-bond donors (Lipinski definition) is 0. The third-order valence-electron chi connectivity index (χ3n) is 8.51. The zero-order valence-electron chi connectivity index (χ0n) is 22.6. The highest BCUT2D eigenvalue weighted by Crippen LogP contribution is 2.48. The Kier molecular flexibility index (Phi) is 8.23. The first-order chi connectivity index (χ1) is 19.8. The van der Waals surface area contributed by atoms with E-state index in [1.54, 1.807) is 6.33 Å². The minimum atomic E-state index is 0.299. The van der Waals surface area contributed by atoms with Gasteiger partial charge in [-0.1, -0.05) is 12.1 Å². The summed E-state index contributed by atoms with van der Waals surface area (Å²) < 4.78 is 0. The van der Waals surface area contributed by atoms with Crippen molar-refractivity contribution < 1.29 is 0 Å². The molecule has 0 bridgehead atoms. The highest BCUT2D eigenvalue weighted by Gasteiger charge is 2.33. The minimum absolute atomic E-state index is 0.299. The van der Waals surface area contributed by atoms with Crippen LogP contribution >= 0.6 is 0 Å². The Balaban J connectivity index is 1.48. The number of pyridine rings is 4. The zero-order valence-corrected chi connectivity index (χ0v) is 22.6. The number of hydrogen-bond acceptors (Lipinski definition) is 6. The number of aromatic nitrogens is 6. The van der Waals surface area contributed by atoms with Gasteiger partial charge >= 0.3 is 0 Å². The topological polar surface area (TPSA) is 77.3 Å². The van der Waals surface area contributed by atoms with Crippen molar-refractivity contribution in [3.8, 4) is 0 Å². The Bertz CT molecular complexity index is 1160. The normalized spacial score (nSPS) is 23.8. The minimum Gasteiger partial charge on any atom is -0.265 e. The summed E-state index contributed by atoms with van der Waals surface area (Å²) in [5, 5.41) is 0. The summed E-state index contributed by atoms with van der Waals surface area (Å²) in [6.45, 7) is 0. The second-order valence-electron chi connectivity index (χ2n) is 10.9. The second-order valence-corrected chi connectivity index (χ2v) is 10.9. The molecule has 6 rings (SSSR count). The van der Waals surface area contributed by atoms with E-state index in [1.165, 1.54) is 22.3 Å². The second kappa shape index (κ2) is 12.7. The van der Waals surface area contributed by atoms with Crippen LogP contribution in [0.5, 0.6) is 0 Å². The standard InChI is InChI=1S/C34H34N6/c1-2-11-40-34(5-1)32-19-29(26-8-14-36-15-9-26)18-31(33-22-38-24-39-23-33)17-28(25-6-12-35-13-7-25)16-30(20-32)27-4-3-10-37-21-27/h1-15,21-24,28-32H,16-20H2. The molecule has 5 heterocycles. The van der Waals surface area contributed by atoms with E-state index in [9.17, 15) is 0 Å². The largest absolute Gasteiger partial charge is 0.265 e. The monoisotopic (exact) mass is 526 g/mol. The Labute approximate surface area is 236 Å². The fourth-order valence-corrected chi connectivity index (χ4v) is 6.56.